The number of hydrogen-bond donors (Lipinski definition) is 1. The van der Waals surface area contributed by atoms with Gasteiger partial charge in [0.15, 0.2) is 5.76 Å². The fourth-order valence-electron chi connectivity index (χ4n) is 3.32. The van der Waals surface area contributed by atoms with Gasteiger partial charge in [-0.15, -0.1) is 0 Å². The lowest BCUT2D eigenvalue weighted by Gasteiger charge is -2.36. The summed E-state index contributed by atoms with van der Waals surface area (Å²) in [5.74, 6) is 0.378. The Morgan fingerprint density at radius 1 is 1.24 bits per heavy atom. The van der Waals surface area contributed by atoms with Gasteiger partial charge in [-0.2, -0.15) is 4.31 Å². The van der Waals surface area contributed by atoms with E-state index in [2.05, 4.69) is 10.5 Å². The zero-order valence-electron chi connectivity index (χ0n) is 12.2. The third kappa shape index (κ3) is 2.17. The molecule has 8 heteroatoms. The number of hydrogen-bond acceptors (Lipinski definition) is 5. The third-order valence-corrected chi connectivity index (χ3v) is 6.76. The molecule has 0 bridgehead atoms. The highest BCUT2D eigenvalue weighted by Crippen LogP contribution is 2.39. The van der Waals surface area contributed by atoms with Crippen LogP contribution >= 0.6 is 0 Å². The first-order valence-corrected chi connectivity index (χ1v) is 8.52. The molecule has 0 aliphatic carbocycles. The summed E-state index contributed by atoms with van der Waals surface area (Å²) in [5, 5.41) is 6.56. The molecule has 1 aromatic heterocycles. The van der Waals surface area contributed by atoms with E-state index in [0.29, 0.717) is 43.9 Å². The maximum Gasteiger partial charge on any atom is 0.248 e. The molecule has 1 amide bonds. The van der Waals surface area contributed by atoms with E-state index >= 15 is 0 Å². The molecule has 116 valence electrons. The molecular formula is C13H19N3O4S. The van der Waals surface area contributed by atoms with E-state index < -0.39 is 10.0 Å². The van der Waals surface area contributed by atoms with Gasteiger partial charge in [-0.3, -0.25) is 4.79 Å². The van der Waals surface area contributed by atoms with Gasteiger partial charge in [-0.05, 0) is 33.1 Å². The number of carbonyl (C=O) groups excluding carboxylic acids is 1. The Balaban J connectivity index is 1.82. The summed E-state index contributed by atoms with van der Waals surface area (Å²) in [5.41, 5.74) is 0.0106. The quantitative estimate of drug-likeness (QED) is 0.862. The minimum absolute atomic E-state index is 0.0666. The monoisotopic (exact) mass is 313 g/mol. The van der Waals surface area contributed by atoms with E-state index in [1.807, 2.05) is 0 Å². The molecule has 2 saturated heterocycles. The minimum atomic E-state index is -3.60. The van der Waals surface area contributed by atoms with Crippen LogP contribution in [0, 0.1) is 19.3 Å². The molecule has 1 spiro atoms. The lowest BCUT2D eigenvalue weighted by molar-refractivity contribution is -0.129. The molecule has 2 aliphatic rings. The first-order valence-electron chi connectivity index (χ1n) is 7.08. The third-order valence-electron chi connectivity index (χ3n) is 4.62. The van der Waals surface area contributed by atoms with Crippen LogP contribution in [0.25, 0.3) is 0 Å². The Hall–Kier alpha value is -1.41. The van der Waals surface area contributed by atoms with Crippen molar-refractivity contribution in [3.05, 3.63) is 11.5 Å². The molecule has 3 rings (SSSR count). The minimum Gasteiger partial charge on any atom is -0.360 e. The van der Waals surface area contributed by atoms with E-state index in [0.717, 1.165) is 6.42 Å². The first kappa shape index (κ1) is 14.5. The van der Waals surface area contributed by atoms with Gasteiger partial charge < -0.3 is 9.84 Å². The molecule has 3 heterocycles. The molecule has 0 aromatic carbocycles. The standard InChI is InChI=1S/C13H19N3O4S/c1-9-11(10(2)20-15-9)21(18,19)16-7-4-13(5-8-16)3-6-14-12(13)17/h3-8H2,1-2H3,(H,14,17). The van der Waals surface area contributed by atoms with Gasteiger partial charge >= 0.3 is 0 Å². The number of piperidine rings is 1. The number of aryl methyl sites for hydroxylation is 2. The molecule has 2 fully saturated rings. The molecule has 7 nitrogen and oxygen atoms in total. The fraction of sp³-hybridized carbons (Fsp3) is 0.692. The van der Waals surface area contributed by atoms with Crippen LogP contribution in [-0.2, 0) is 14.8 Å². The fourth-order valence-corrected chi connectivity index (χ4v) is 5.05. The van der Waals surface area contributed by atoms with Crippen LogP contribution in [0.2, 0.25) is 0 Å². The van der Waals surface area contributed by atoms with E-state index in [-0.39, 0.29) is 16.2 Å². The number of nitrogens with one attached hydrogen (secondary N) is 1. The second-order valence-electron chi connectivity index (χ2n) is 5.84. The van der Waals surface area contributed by atoms with Crippen LogP contribution in [0.15, 0.2) is 9.42 Å². The Morgan fingerprint density at radius 3 is 2.38 bits per heavy atom. The van der Waals surface area contributed by atoms with Crippen molar-refractivity contribution >= 4 is 15.9 Å². The van der Waals surface area contributed by atoms with Gasteiger partial charge in [0.25, 0.3) is 0 Å². The maximum atomic E-state index is 12.7. The van der Waals surface area contributed by atoms with Gasteiger partial charge in [0.2, 0.25) is 15.9 Å². The van der Waals surface area contributed by atoms with E-state index in [9.17, 15) is 13.2 Å². The van der Waals surface area contributed by atoms with Crippen molar-refractivity contribution in [1.82, 2.24) is 14.8 Å². The summed E-state index contributed by atoms with van der Waals surface area (Å²) in [4.78, 5) is 12.1. The average Bonchev–Trinajstić information content (AvgIpc) is 2.95. The summed E-state index contributed by atoms with van der Waals surface area (Å²) < 4.78 is 31.8. The number of nitrogens with zero attached hydrogens (tertiary/aromatic N) is 2. The van der Waals surface area contributed by atoms with Gasteiger partial charge in [0.05, 0.1) is 5.41 Å². The van der Waals surface area contributed by atoms with Crippen molar-refractivity contribution in [3.8, 4) is 0 Å². The van der Waals surface area contributed by atoms with Gasteiger partial charge in [-0.25, -0.2) is 8.42 Å². The second-order valence-corrected chi connectivity index (χ2v) is 7.72. The molecule has 0 radical (unpaired) electrons. The average molecular weight is 313 g/mol. The number of carbonyl (C=O) groups is 1. The number of amides is 1. The lowest BCUT2D eigenvalue weighted by atomic mass is 9.78. The summed E-state index contributed by atoms with van der Waals surface area (Å²) in [6.45, 7) is 4.64. The number of aromatic nitrogens is 1. The molecule has 21 heavy (non-hydrogen) atoms. The highest BCUT2D eigenvalue weighted by molar-refractivity contribution is 7.89. The Morgan fingerprint density at radius 2 is 1.90 bits per heavy atom. The van der Waals surface area contributed by atoms with Crippen LogP contribution in [0.4, 0.5) is 0 Å². The highest BCUT2D eigenvalue weighted by Gasteiger charge is 2.46. The maximum absolute atomic E-state index is 12.7. The topological polar surface area (TPSA) is 92.5 Å². The molecule has 1 aromatic rings. The predicted octanol–water partition coefficient (Wildman–Crippen LogP) is 0.582. The van der Waals surface area contributed by atoms with Gasteiger partial charge in [0.1, 0.15) is 10.6 Å². The molecule has 0 saturated carbocycles. The molecule has 2 aliphatic heterocycles. The normalized spacial score (nSPS) is 22.7. The van der Waals surface area contributed by atoms with Crippen molar-refractivity contribution in [2.24, 2.45) is 5.41 Å². The molecule has 0 atom stereocenters. The molecule has 1 N–H and O–H groups in total. The zero-order valence-corrected chi connectivity index (χ0v) is 13.0. The number of sulfonamides is 1. The van der Waals surface area contributed by atoms with Crippen LogP contribution < -0.4 is 5.32 Å². The zero-order chi connectivity index (χ0) is 15.3. The van der Waals surface area contributed by atoms with Crippen LogP contribution in [0.1, 0.15) is 30.7 Å². The van der Waals surface area contributed by atoms with Crippen molar-refractivity contribution in [1.29, 1.82) is 0 Å². The molecule has 0 unspecified atom stereocenters. The Labute approximate surface area is 123 Å². The second kappa shape index (κ2) is 4.81. The van der Waals surface area contributed by atoms with Crippen molar-refractivity contribution in [2.45, 2.75) is 38.0 Å². The largest absolute Gasteiger partial charge is 0.360 e. The Kier molecular flexibility index (Phi) is 3.32. The van der Waals surface area contributed by atoms with E-state index in [4.69, 9.17) is 4.52 Å². The van der Waals surface area contributed by atoms with Crippen molar-refractivity contribution in [2.75, 3.05) is 19.6 Å². The van der Waals surface area contributed by atoms with Crippen LogP contribution in [0.5, 0.6) is 0 Å². The summed E-state index contributed by atoms with van der Waals surface area (Å²) in [7, 11) is -3.60. The van der Waals surface area contributed by atoms with E-state index in [1.165, 1.54) is 4.31 Å². The van der Waals surface area contributed by atoms with Gasteiger partial charge in [-0.1, -0.05) is 5.16 Å². The Bertz CT molecular complexity index is 652. The summed E-state index contributed by atoms with van der Waals surface area (Å²) in [6, 6.07) is 0. The summed E-state index contributed by atoms with van der Waals surface area (Å²) in [6.07, 6.45) is 1.94. The highest BCUT2D eigenvalue weighted by atomic mass is 32.2. The van der Waals surface area contributed by atoms with E-state index in [1.54, 1.807) is 13.8 Å². The summed E-state index contributed by atoms with van der Waals surface area (Å²) >= 11 is 0. The van der Waals surface area contributed by atoms with Crippen molar-refractivity contribution in [3.63, 3.8) is 0 Å². The van der Waals surface area contributed by atoms with Crippen LogP contribution in [0.3, 0.4) is 0 Å². The van der Waals surface area contributed by atoms with Gasteiger partial charge in [0, 0.05) is 19.6 Å². The lowest BCUT2D eigenvalue weighted by Crippen LogP contribution is -2.46. The SMILES string of the molecule is Cc1noc(C)c1S(=O)(=O)N1CCC2(CCNC2=O)CC1. The molecular weight excluding hydrogens is 294 g/mol. The first-order chi connectivity index (χ1) is 9.87. The van der Waals surface area contributed by atoms with Crippen molar-refractivity contribution < 1.29 is 17.7 Å². The predicted molar refractivity (Wildman–Crippen MR) is 74.0 cm³/mol. The smallest absolute Gasteiger partial charge is 0.248 e. The number of rotatable bonds is 2. The van der Waals surface area contributed by atoms with Crippen LogP contribution in [-0.4, -0.2) is 43.4 Å².